The second kappa shape index (κ2) is 27.8. The number of hydrogen-bond acceptors (Lipinski definition) is 14. The van der Waals surface area contributed by atoms with E-state index in [1.165, 1.54) is 24.3 Å². The van der Waals surface area contributed by atoms with Crippen molar-refractivity contribution in [2.75, 3.05) is 28.2 Å². The van der Waals surface area contributed by atoms with Crippen molar-refractivity contribution in [3.8, 4) is 0 Å². The smallest absolute Gasteiger partial charge is 0.446 e. The number of ether oxygens (including phenoxy) is 4. The Morgan fingerprint density at radius 2 is 0.634 bits per heavy atom. The standard InChI is InChI=1S/C56H76F8N4O12S2/c1-31-43(69)65(13)39(29-53(9,10)57)49(75)79-42(26-34-19-23-36(24-20-34)82-56(62,63)64)46(72)68(16)38(28-52(6,7)8)48(74)78-32(2)44(70)66(14)40(30-54(11,12)58)50(76)80-41(25-33-17-21-35(22-18-33)81-55(59,60)61)45(71)67(15)37(47(73)77-31)27-51(3,4)5/h17-24,31-32,37-42H,25-30H2,1-16H3/t31-,32-,37+,38+,39+,40+,41-,42-/m1/s1. The van der Waals surface area contributed by atoms with Crippen LogP contribution in [0.15, 0.2) is 58.3 Å². The van der Waals surface area contributed by atoms with Gasteiger partial charge in [-0.05, 0) is 124 Å². The molecule has 460 valence electrons. The molecule has 0 bridgehead atoms. The first-order valence-corrected chi connectivity index (χ1v) is 27.7. The third-order valence-corrected chi connectivity index (χ3v) is 14.3. The van der Waals surface area contributed by atoms with Crippen molar-refractivity contribution in [3.05, 3.63) is 59.7 Å². The lowest BCUT2D eigenvalue weighted by Crippen LogP contribution is -2.55. The van der Waals surface area contributed by atoms with E-state index in [1.807, 2.05) is 0 Å². The van der Waals surface area contributed by atoms with E-state index in [2.05, 4.69) is 0 Å². The molecule has 16 nitrogen and oxygen atoms in total. The number of thioether (sulfide) groups is 2. The summed E-state index contributed by atoms with van der Waals surface area (Å²) < 4.78 is 134. The van der Waals surface area contributed by atoms with Crippen molar-refractivity contribution in [2.24, 2.45) is 10.8 Å². The molecule has 0 aliphatic carbocycles. The largest absolute Gasteiger partial charge is 0.451 e. The third-order valence-electron chi connectivity index (χ3n) is 12.8. The number of amides is 4. The highest BCUT2D eigenvalue weighted by atomic mass is 32.2. The van der Waals surface area contributed by atoms with E-state index in [1.54, 1.807) is 41.5 Å². The molecule has 2 aromatic carbocycles. The van der Waals surface area contributed by atoms with Crippen LogP contribution in [0.1, 0.15) is 120 Å². The molecule has 0 unspecified atom stereocenters. The maximum absolute atomic E-state index is 15.8. The first-order chi connectivity index (χ1) is 37.2. The molecule has 2 aromatic rings. The average molecular weight is 1210 g/mol. The van der Waals surface area contributed by atoms with Crippen molar-refractivity contribution in [1.29, 1.82) is 0 Å². The second-order valence-corrected chi connectivity index (χ2v) is 26.3. The predicted molar refractivity (Wildman–Crippen MR) is 289 cm³/mol. The summed E-state index contributed by atoms with van der Waals surface area (Å²) in [7, 11) is 4.42. The Labute approximate surface area is 482 Å². The lowest BCUT2D eigenvalue weighted by atomic mass is 9.87. The predicted octanol–water partition coefficient (Wildman–Crippen LogP) is 9.85. The fourth-order valence-corrected chi connectivity index (χ4v) is 9.80. The summed E-state index contributed by atoms with van der Waals surface area (Å²) in [4.78, 5) is 119. The fourth-order valence-electron chi connectivity index (χ4n) is 8.72. The van der Waals surface area contributed by atoms with Crippen LogP contribution in [-0.2, 0) is 70.1 Å². The van der Waals surface area contributed by atoms with E-state index < -0.39 is 178 Å². The van der Waals surface area contributed by atoms with Gasteiger partial charge >= 0.3 is 34.9 Å². The lowest BCUT2D eigenvalue weighted by Gasteiger charge is -2.37. The van der Waals surface area contributed by atoms with Gasteiger partial charge in [0.1, 0.15) is 35.5 Å². The number of hydrogen-bond donors (Lipinski definition) is 0. The molecule has 1 saturated heterocycles. The number of likely N-dealkylation sites (N-methyl/N-ethyl adjacent to an activating group) is 4. The molecule has 3 rings (SSSR count). The van der Waals surface area contributed by atoms with Gasteiger partial charge in [0, 0.05) is 63.7 Å². The van der Waals surface area contributed by atoms with Crippen molar-refractivity contribution in [3.63, 3.8) is 0 Å². The highest BCUT2D eigenvalue weighted by Crippen LogP contribution is 2.38. The Balaban J connectivity index is 2.36. The van der Waals surface area contributed by atoms with Gasteiger partial charge in [-0.1, -0.05) is 65.8 Å². The number of esters is 4. The monoisotopic (exact) mass is 1210 g/mol. The minimum atomic E-state index is -4.66. The Hall–Kier alpha value is -5.66. The van der Waals surface area contributed by atoms with Gasteiger partial charge in [-0.3, -0.25) is 19.2 Å². The Morgan fingerprint density at radius 1 is 0.390 bits per heavy atom. The number of carbonyl (C=O) groups is 8. The van der Waals surface area contributed by atoms with E-state index in [0.29, 0.717) is 0 Å². The number of rotatable bonds is 12. The van der Waals surface area contributed by atoms with Crippen molar-refractivity contribution in [2.45, 2.75) is 202 Å². The van der Waals surface area contributed by atoms with Crippen LogP contribution in [-0.4, -0.2) is 166 Å². The molecule has 1 fully saturated rings. The normalized spacial score (nSPS) is 24.0. The van der Waals surface area contributed by atoms with Gasteiger partial charge < -0.3 is 38.5 Å². The number of benzene rings is 2. The van der Waals surface area contributed by atoms with Crippen LogP contribution in [0.4, 0.5) is 35.1 Å². The molecular formula is C56H76F8N4O12S2. The zero-order valence-corrected chi connectivity index (χ0v) is 50.6. The number of alkyl halides is 8. The van der Waals surface area contributed by atoms with E-state index in [4.69, 9.17) is 18.9 Å². The minimum absolute atomic E-state index is 0.144. The van der Waals surface area contributed by atoms with Crippen molar-refractivity contribution in [1.82, 2.24) is 19.6 Å². The van der Waals surface area contributed by atoms with Gasteiger partial charge in [0.15, 0.2) is 24.4 Å². The molecule has 0 saturated carbocycles. The molecule has 0 spiro atoms. The summed E-state index contributed by atoms with van der Waals surface area (Å²) in [6.07, 6.45) is -10.6. The van der Waals surface area contributed by atoms with Gasteiger partial charge in [0.05, 0.1) is 0 Å². The van der Waals surface area contributed by atoms with Crippen LogP contribution in [0, 0.1) is 10.8 Å². The van der Waals surface area contributed by atoms with Crippen LogP contribution in [0.2, 0.25) is 0 Å². The van der Waals surface area contributed by atoms with E-state index >= 15 is 8.78 Å². The Morgan fingerprint density at radius 3 is 0.878 bits per heavy atom. The molecule has 1 aliphatic rings. The topological polar surface area (TPSA) is 186 Å². The van der Waals surface area contributed by atoms with E-state index in [-0.39, 0.29) is 33.8 Å². The third kappa shape index (κ3) is 22.8. The summed E-state index contributed by atoms with van der Waals surface area (Å²) >= 11 is -0.836. The molecule has 82 heavy (non-hydrogen) atoms. The fraction of sp³-hybridized carbons (Fsp3) is 0.643. The SMILES string of the molecule is C[C@H]1OC(=O)[C@H](CC(C)(C)C)N(C)C(=O)[C@@H](Cc2ccc(SC(F)(F)F)cc2)OC(=O)[C@H](CC(C)(C)F)N(C)C(=O)[C@@H](C)OC(=O)[C@H](CC(C)(C)C)N(C)C(=O)[C@@H](Cc2ccc(SC(F)(F)F)cc2)OC(=O)[C@H](CC(C)(C)F)N(C)C1=O. The second-order valence-electron chi connectivity index (χ2n) is 24.0. The van der Waals surface area contributed by atoms with Crippen LogP contribution in [0.3, 0.4) is 0 Å². The quantitative estimate of drug-likeness (QED) is 0.0846. The van der Waals surface area contributed by atoms with Crippen molar-refractivity contribution < 1.29 is 92.4 Å². The van der Waals surface area contributed by atoms with Gasteiger partial charge in [0.25, 0.3) is 23.6 Å². The van der Waals surface area contributed by atoms with Crippen molar-refractivity contribution >= 4 is 71.0 Å². The molecular weight excluding hydrogens is 1140 g/mol. The molecule has 0 aromatic heterocycles. The van der Waals surface area contributed by atoms with E-state index in [9.17, 15) is 64.7 Å². The Kier molecular flexibility index (Phi) is 24.0. The van der Waals surface area contributed by atoms with Crippen LogP contribution < -0.4 is 0 Å². The lowest BCUT2D eigenvalue weighted by molar-refractivity contribution is -0.177. The number of halogens is 8. The van der Waals surface area contributed by atoms with Gasteiger partial charge in [-0.2, -0.15) is 26.3 Å². The molecule has 0 N–H and O–H groups in total. The minimum Gasteiger partial charge on any atom is -0.451 e. The summed E-state index contributed by atoms with van der Waals surface area (Å²) in [5.74, 6) is -9.60. The van der Waals surface area contributed by atoms with Crippen LogP contribution in [0.25, 0.3) is 0 Å². The molecule has 8 atom stereocenters. The zero-order valence-electron chi connectivity index (χ0n) is 49.0. The van der Waals surface area contributed by atoms with Gasteiger partial charge in [0.2, 0.25) is 0 Å². The highest BCUT2D eigenvalue weighted by molar-refractivity contribution is 8.00. The zero-order chi connectivity index (χ0) is 63.0. The highest BCUT2D eigenvalue weighted by Gasteiger charge is 2.45. The van der Waals surface area contributed by atoms with Crippen LogP contribution in [0.5, 0.6) is 0 Å². The summed E-state index contributed by atoms with van der Waals surface area (Å²) in [6.45, 7) is 16.7. The number of nitrogens with zero attached hydrogens (tertiary/aromatic N) is 4. The molecule has 1 aliphatic heterocycles. The number of cyclic esters (lactones) is 4. The van der Waals surface area contributed by atoms with Crippen LogP contribution >= 0.6 is 23.5 Å². The molecule has 26 heteroatoms. The average Bonchev–Trinajstić information content (AvgIpc) is 3.36. The maximum Gasteiger partial charge on any atom is 0.446 e. The summed E-state index contributed by atoms with van der Waals surface area (Å²) in [6, 6.07) is 2.34. The van der Waals surface area contributed by atoms with Gasteiger partial charge in [-0.25, -0.2) is 28.0 Å². The van der Waals surface area contributed by atoms with Gasteiger partial charge in [-0.15, -0.1) is 0 Å². The molecule has 1 heterocycles. The first kappa shape index (κ1) is 70.6. The maximum atomic E-state index is 15.8. The van der Waals surface area contributed by atoms with E-state index in [0.717, 1.165) is 114 Å². The molecule has 0 radical (unpaired) electrons. The molecule has 4 amide bonds. The summed E-state index contributed by atoms with van der Waals surface area (Å²) in [5.41, 5.74) is -15.2. The number of carbonyl (C=O) groups excluding carboxylic acids is 8. The summed E-state index contributed by atoms with van der Waals surface area (Å²) in [5, 5.41) is 0. The first-order valence-electron chi connectivity index (χ1n) is 26.1. The Bertz CT molecular complexity index is 2380.